The lowest BCUT2D eigenvalue weighted by Crippen LogP contribution is -2.30. The van der Waals surface area contributed by atoms with Crippen LogP contribution in [0.3, 0.4) is 0 Å². The number of nitrogens with zero attached hydrogens (tertiary/aromatic N) is 1. The highest BCUT2D eigenvalue weighted by atomic mass is 32.2. The fraction of sp³-hybridized carbons (Fsp3) is 0.538. The monoisotopic (exact) mass is 253 g/mol. The Hall–Kier alpha value is -0.870. The van der Waals surface area contributed by atoms with Crippen molar-refractivity contribution in [1.29, 1.82) is 0 Å². The minimum Gasteiger partial charge on any atom is -0.212 e. The lowest BCUT2D eigenvalue weighted by Gasteiger charge is -2.24. The summed E-state index contributed by atoms with van der Waals surface area (Å²) < 4.78 is 24.8. The summed E-state index contributed by atoms with van der Waals surface area (Å²) >= 11 is 0. The lowest BCUT2D eigenvalue weighted by atomic mass is 9.86. The van der Waals surface area contributed by atoms with E-state index in [1.54, 1.807) is 7.05 Å². The number of hydrogen-bond donors (Lipinski definition) is 0. The minimum atomic E-state index is -3.15. The fourth-order valence-corrected chi connectivity index (χ4v) is 3.31. The maximum Gasteiger partial charge on any atom is 0.211 e. The molecular formula is C13H19NO2S. The van der Waals surface area contributed by atoms with Crippen molar-refractivity contribution in [1.82, 2.24) is 4.31 Å². The Bertz CT molecular complexity index is 534. The van der Waals surface area contributed by atoms with E-state index < -0.39 is 10.0 Å². The van der Waals surface area contributed by atoms with Crippen LogP contribution in [0.25, 0.3) is 0 Å². The Morgan fingerprint density at radius 3 is 2.47 bits per heavy atom. The van der Waals surface area contributed by atoms with Crippen LogP contribution in [-0.4, -0.2) is 26.0 Å². The van der Waals surface area contributed by atoms with Crippen LogP contribution in [0, 0.1) is 0 Å². The Labute approximate surface area is 104 Å². The van der Waals surface area contributed by atoms with Crippen molar-refractivity contribution >= 4 is 10.0 Å². The highest BCUT2D eigenvalue weighted by Crippen LogP contribution is 2.47. The van der Waals surface area contributed by atoms with Crippen LogP contribution >= 0.6 is 0 Å². The number of rotatable bonds is 2. The number of fused-ring (bicyclic) bond motifs is 1. The summed E-state index contributed by atoms with van der Waals surface area (Å²) in [5.41, 5.74) is 2.45. The molecule has 0 aliphatic heterocycles. The SMILES string of the molecule is CN(C1CC(C)(C)c2ccccc21)S(C)(=O)=O. The maximum atomic E-state index is 11.7. The normalized spacial score (nSPS) is 22.8. The van der Waals surface area contributed by atoms with Crippen LogP contribution in [0.4, 0.5) is 0 Å². The largest absolute Gasteiger partial charge is 0.212 e. The maximum absolute atomic E-state index is 11.7. The number of benzene rings is 1. The molecule has 3 nitrogen and oxygen atoms in total. The zero-order chi connectivity index (χ0) is 12.8. The molecule has 4 heteroatoms. The van der Waals surface area contributed by atoms with Gasteiger partial charge in [-0.25, -0.2) is 8.42 Å². The van der Waals surface area contributed by atoms with Gasteiger partial charge in [0, 0.05) is 7.05 Å². The van der Waals surface area contributed by atoms with Crippen LogP contribution in [0.2, 0.25) is 0 Å². The van der Waals surface area contributed by atoms with Crippen LogP contribution in [0.15, 0.2) is 24.3 Å². The molecule has 1 aliphatic rings. The quantitative estimate of drug-likeness (QED) is 0.811. The number of sulfonamides is 1. The summed E-state index contributed by atoms with van der Waals surface area (Å²) in [6.07, 6.45) is 2.11. The van der Waals surface area contributed by atoms with E-state index in [2.05, 4.69) is 19.9 Å². The first-order valence-corrected chi connectivity index (χ1v) is 7.61. The van der Waals surface area contributed by atoms with Gasteiger partial charge in [-0.1, -0.05) is 38.1 Å². The third-order valence-corrected chi connectivity index (χ3v) is 5.02. The molecule has 1 atom stereocenters. The third kappa shape index (κ3) is 2.11. The molecule has 0 N–H and O–H groups in total. The Balaban J connectivity index is 2.49. The van der Waals surface area contributed by atoms with Crippen molar-refractivity contribution in [2.75, 3.05) is 13.3 Å². The predicted molar refractivity (Wildman–Crippen MR) is 69.4 cm³/mol. The van der Waals surface area contributed by atoms with Gasteiger partial charge in [-0.05, 0) is 23.0 Å². The molecule has 17 heavy (non-hydrogen) atoms. The molecule has 0 heterocycles. The van der Waals surface area contributed by atoms with Gasteiger partial charge in [-0.3, -0.25) is 0 Å². The zero-order valence-electron chi connectivity index (χ0n) is 10.8. The molecule has 0 amide bonds. The highest BCUT2D eigenvalue weighted by Gasteiger charge is 2.40. The first-order chi connectivity index (χ1) is 7.73. The van der Waals surface area contributed by atoms with Gasteiger partial charge in [0.05, 0.1) is 12.3 Å². The molecule has 1 unspecified atom stereocenters. The van der Waals surface area contributed by atoms with Gasteiger partial charge >= 0.3 is 0 Å². The molecule has 1 aliphatic carbocycles. The van der Waals surface area contributed by atoms with E-state index in [1.807, 2.05) is 18.2 Å². The van der Waals surface area contributed by atoms with Gasteiger partial charge in [-0.2, -0.15) is 4.31 Å². The summed E-state index contributed by atoms with van der Waals surface area (Å²) in [4.78, 5) is 0. The van der Waals surface area contributed by atoms with Crippen LogP contribution in [0.1, 0.15) is 37.4 Å². The molecule has 2 rings (SSSR count). The van der Waals surface area contributed by atoms with E-state index in [-0.39, 0.29) is 11.5 Å². The molecule has 0 fully saturated rings. The van der Waals surface area contributed by atoms with Crippen molar-refractivity contribution in [2.45, 2.75) is 31.7 Å². The zero-order valence-corrected chi connectivity index (χ0v) is 11.6. The van der Waals surface area contributed by atoms with Crippen molar-refractivity contribution in [3.63, 3.8) is 0 Å². The molecule has 1 aromatic carbocycles. The Kier molecular flexibility index (Phi) is 2.83. The predicted octanol–water partition coefficient (Wildman–Crippen LogP) is 2.30. The molecule has 0 bridgehead atoms. The molecule has 0 saturated carbocycles. The second kappa shape index (κ2) is 3.82. The molecule has 94 valence electrons. The molecule has 0 spiro atoms. The van der Waals surface area contributed by atoms with Gasteiger partial charge in [0.25, 0.3) is 0 Å². The van der Waals surface area contributed by atoms with E-state index >= 15 is 0 Å². The van der Waals surface area contributed by atoms with Crippen molar-refractivity contribution in [3.8, 4) is 0 Å². The molecule has 1 aromatic rings. The molecular weight excluding hydrogens is 234 g/mol. The van der Waals surface area contributed by atoms with Crippen molar-refractivity contribution in [3.05, 3.63) is 35.4 Å². The second-order valence-electron chi connectivity index (χ2n) is 5.47. The first-order valence-electron chi connectivity index (χ1n) is 5.76. The van der Waals surface area contributed by atoms with Gasteiger partial charge in [0.15, 0.2) is 0 Å². The van der Waals surface area contributed by atoms with E-state index in [1.165, 1.54) is 16.1 Å². The standard InChI is InChI=1S/C13H19NO2S/c1-13(2)9-12(14(3)17(4,15)16)10-7-5-6-8-11(10)13/h5-8,12H,9H2,1-4H3. The van der Waals surface area contributed by atoms with Crippen LogP contribution < -0.4 is 0 Å². The Morgan fingerprint density at radius 1 is 1.29 bits per heavy atom. The third-order valence-electron chi connectivity index (χ3n) is 3.71. The summed E-state index contributed by atoms with van der Waals surface area (Å²) in [7, 11) is -1.48. The van der Waals surface area contributed by atoms with Crippen LogP contribution in [0.5, 0.6) is 0 Å². The average molecular weight is 253 g/mol. The summed E-state index contributed by atoms with van der Waals surface area (Å²) in [6, 6.07) is 8.10. The van der Waals surface area contributed by atoms with Crippen molar-refractivity contribution in [2.24, 2.45) is 0 Å². The summed E-state index contributed by atoms with van der Waals surface area (Å²) in [6.45, 7) is 4.34. The summed E-state index contributed by atoms with van der Waals surface area (Å²) in [5.74, 6) is 0. The van der Waals surface area contributed by atoms with E-state index in [9.17, 15) is 8.42 Å². The first kappa shape index (κ1) is 12.6. The van der Waals surface area contributed by atoms with E-state index in [0.717, 1.165) is 12.0 Å². The minimum absolute atomic E-state index is 0.0313. The lowest BCUT2D eigenvalue weighted by molar-refractivity contribution is 0.335. The smallest absolute Gasteiger partial charge is 0.211 e. The molecule has 0 aromatic heterocycles. The van der Waals surface area contributed by atoms with E-state index in [0.29, 0.717) is 0 Å². The molecule has 0 saturated heterocycles. The Morgan fingerprint density at radius 2 is 1.88 bits per heavy atom. The second-order valence-corrected chi connectivity index (χ2v) is 7.51. The summed E-state index contributed by atoms with van der Waals surface area (Å²) in [5, 5.41) is 0. The van der Waals surface area contributed by atoms with Gasteiger partial charge in [-0.15, -0.1) is 0 Å². The van der Waals surface area contributed by atoms with Gasteiger partial charge < -0.3 is 0 Å². The topological polar surface area (TPSA) is 37.4 Å². The van der Waals surface area contributed by atoms with Gasteiger partial charge in [0.1, 0.15) is 0 Å². The average Bonchev–Trinajstić information content (AvgIpc) is 2.49. The number of hydrogen-bond acceptors (Lipinski definition) is 2. The van der Waals surface area contributed by atoms with E-state index in [4.69, 9.17) is 0 Å². The highest BCUT2D eigenvalue weighted by molar-refractivity contribution is 7.88. The van der Waals surface area contributed by atoms with Gasteiger partial charge in [0.2, 0.25) is 10.0 Å². The fourth-order valence-electron chi connectivity index (χ4n) is 2.66. The van der Waals surface area contributed by atoms with Crippen molar-refractivity contribution < 1.29 is 8.42 Å². The van der Waals surface area contributed by atoms with Crippen LogP contribution in [-0.2, 0) is 15.4 Å². The molecule has 0 radical (unpaired) electrons.